The third kappa shape index (κ3) is 4.95. The summed E-state index contributed by atoms with van der Waals surface area (Å²) in [4.78, 5) is 32.9. The molecule has 0 saturated heterocycles. The zero-order valence-corrected chi connectivity index (χ0v) is 8.87. The second-order valence-corrected chi connectivity index (χ2v) is 2.64. The molecule has 0 saturated carbocycles. The van der Waals surface area contributed by atoms with Crippen LogP contribution in [0, 0.1) is 0 Å². The fraction of sp³-hybridized carbons (Fsp3) is 0.500. The molecule has 0 N–H and O–H groups in total. The molecular formula is C10H14O5. The van der Waals surface area contributed by atoms with Gasteiger partial charge in [0.1, 0.15) is 0 Å². The van der Waals surface area contributed by atoms with Gasteiger partial charge in [-0.05, 0) is 6.92 Å². The molecule has 5 nitrogen and oxygen atoms in total. The summed E-state index contributed by atoms with van der Waals surface area (Å²) in [7, 11) is 0. The number of rotatable bonds is 6. The molecule has 0 bridgehead atoms. The van der Waals surface area contributed by atoms with E-state index in [0.717, 1.165) is 0 Å². The first-order valence-corrected chi connectivity index (χ1v) is 4.57. The summed E-state index contributed by atoms with van der Waals surface area (Å²) in [6.07, 6.45) is 0.174. The molecule has 0 amide bonds. The number of hydrogen-bond acceptors (Lipinski definition) is 5. The van der Waals surface area contributed by atoms with Crippen LogP contribution in [0.4, 0.5) is 0 Å². The summed E-state index contributed by atoms with van der Waals surface area (Å²) < 4.78 is 9.04. The second-order valence-electron chi connectivity index (χ2n) is 2.64. The molecule has 0 radical (unpaired) electrons. The summed E-state index contributed by atoms with van der Waals surface area (Å²) >= 11 is 0. The maximum absolute atomic E-state index is 11.1. The fourth-order valence-corrected chi connectivity index (χ4v) is 0.741. The van der Waals surface area contributed by atoms with E-state index in [0.29, 0.717) is 0 Å². The topological polar surface area (TPSA) is 69.7 Å². The Balaban J connectivity index is 3.99. The van der Waals surface area contributed by atoms with Crippen LogP contribution in [0.15, 0.2) is 12.2 Å². The van der Waals surface area contributed by atoms with Crippen molar-refractivity contribution in [2.45, 2.75) is 20.3 Å². The minimum Gasteiger partial charge on any atom is -0.463 e. The molecule has 0 aromatic carbocycles. The van der Waals surface area contributed by atoms with Crippen molar-refractivity contribution in [2.75, 3.05) is 13.2 Å². The maximum atomic E-state index is 11.1. The molecule has 0 aromatic rings. The maximum Gasteiger partial charge on any atom is 0.344 e. The minimum atomic E-state index is -0.880. The minimum absolute atomic E-state index is 0.174. The molecule has 0 aliphatic heterocycles. The van der Waals surface area contributed by atoms with E-state index >= 15 is 0 Å². The molecule has 0 rings (SSSR count). The first kappa shape index (κ1) is 13.4. The van der Waals surface area contributed by atoms with Gasteiger partial charge in [0.15, 0.2) is 12.4 Å². The van der Waals surface area contributed by atoms with Gasteiger partial charge in [-0.1, -0.05) is 13.5 Å². The van der Waals surface area contributed by atoms with Crippen LogP contribution in [-0.4, -0.2) is 30.9 Å². The average molecular weight is 214 g/mol. The van der Waals surface area contributed by atoms with E-state index in [1.54, 1.807) is 13.8 Å². The monoisotopic (exact) mass is 214 g/mol. The van der Waals surface area contributed by atoms with Gasteiger partial charge in [0.2, 0.25) is 0 Å². The van der Waals surface area contributed by atoms with E-state index in [1.807, 2.05) is 0 Å². The van der Waals surface area contributed by atoms with Crippen molar-refractivity contribution in [1.82, 2.24) is 0 Å². The third-order valence-electron chi connectivity index (χ3n) is 1.53. The highest BCUT2D eigenvalue weighted by Gasteiger charge is 2.16. The largest absolute Gasteiger partial charge is 0.463 e. The van der Waals surface area contributed by atoms with E-state index in [-0.39, 0.29) is 18.6 Å². The highest BCUT2D eigenvalue weighted by atomic mass is 16.6. The predicted molar refractivity (Wildman–Crippen MR) is 52.0 cm³/mol. The molecule has 0 fully saturated rings. The molecule has 0 aliphatic carbocycles. The van der Waals surface area contributed by atoms with Crippen LogP contribution in [0.2, 0.25) is 0 Å². The molecule has 84 valence electrons. The van der Waals surface area contributed by atoms with Gasteiger partial charge >= 0.3 is 11.9 Å². The first-order valence-electron chi connectivity index (χ1n) is 4.57. The van der Waals surface area contributed by atoms with Crippen LogP contribution >= 0.6 is 0 Å². The number of carbonyl (C=O) groups excluding carboxylic acids is 3. The van der Waals surface area contributed by atoms with Gasteiger partial charge in [0.25, 0.3) is 0 Å². The van der Waals surface area contributed by atoms with Crippen LogP contribution < -0.4 is 0 Å². The van der Waals surface area contributed by atoms with Crippen molar-refractivity contribution in [1.29, 1.82) is 0 Å². The molecule has 15 heavy (non-hydrogen) atoms. The van der Waals surface area contributed by atoms with Gasteiger partial charge < -0.3 is 9.47 Å². The van der Waals surface area contributed by atoms with E-state index in [1.165, 1.54) is 0 Å². The van der Waals surface area contributed by atoms with Crippen molar-refractivity contribution in [3.05, 3.63) is 12.2 Å². The van der Waals surface area contributed by atoms with Gasteiger partial charge in [-0.25, -0.2) is 9.59 Å². The normalized spacial score (nSPS) is 9.20. The van der Waals surface area contributed by atoms with Gasteiger partial charge in [-0.3, -0.25) is 4.79 Å². The lowest BCUT2D eigenvalue weighted by Gasteiger charge is -2.04. The Morgan fingerprint density at radius 1 is 1.13 bits per heavy atom. The number of hydrogen-bond donors (Lipinski definition) is 0. The number of carbonyl (C=O) groups is 3. The van der Waals surface area contributed by atoms with E-state index in [2.05, 4.69) is 16.1 Å². The summed E-state index contributed by atoms with van der Waals surface area (Å²) in [6, 6.07) is 0. The van der Waals surface area contributed by atoms with Crippen molar-refractivity contribution >= 4 is 17.7 Å². The van der Waals surface area contributed by atoms with E-state index < -0.39 is 24.3 Å². The molecule has 0 aromatic heterocycles. The molecule has 0 heterocycles. The number of ether oxygens (including phenoxy) is 2. The lowest BCUT2D eigenvalue weighted by Crippen LogP contribution is -2.20. The number of Topliss-reactive ketones (excluding diaryl/α,β-unsaturated/α-hetero) is 1. The van der Waals surface area contributed by atoms with Gasteiger partial charge in [-0.15, -0.1) is 0 Å². The Morgan fingerprint density at radius 3 is 2.20 bits per heavy atom. The van der Waals surface area contributed by atoms with Gasteiger partial charge in [0, 0.05) is 6.42 Å². The molecule has 0 unspecified atom stereocenters. The SMILES string of the molecule is C=C(C(=O)CC)C(=O)OCC(=O)OCC. The predicted octanol–water partition coefficient (Wildman–Crippen LogP) is 0.628. The van der Waals surface area contributed by atoms with Crippen molar-refractivity contribution in [3.63, 3.8) is 0 Å². The molecule has 0 atom stereocenters. The third-order valence-corrected chi connectivity index (χ3v) is 1.53. The summed E-state index contributed by atoms with van der Waals surface area (Å²) in [5.41, 5.74) is -0.248. The quantitative estimate of drug-likeness (QED) is 0.281. The van der Waals surface area contributed by atoms with Crippen LogP contribution in [-0.2, 0) is 23.9 Å². The lowest BCUT2D eigenvalue weighted by molar-refractivity contribution is -0.156. The Kier molecular flexibility index (Phi) is 6.01. The van der Waals surface area contributed by atoms with Crippen molar-refractivity contribution in [2.24, 2.45) is 0 Å². The Morgan fingerprint density at radius 2 is 1.73 bits per heavy atom. The highest BCUT2D eigenvalue weighted by molar-refractivity contribution is 6.16. The van der Waals surface area contributed by atoms with Crippen LogP contribution in [0.25, 0.3) is 0 Å². The van der Waals surface area contributed by atoms with Crippen LogP contribution in [0.5, 0.6) is 0 Å². The zero-order valence-electron chi connectivity index (χ0n) is 8.87. The van der Waals surface area contributed by atoms with Gasteiger partial charge in [0.05, 0.1) is 12.2 Å². The Bertz CT molecular complexity index is 280. The molecule has 0 aliphatic rings. The van der Waals surface area contributed by atoms with Crippen LogP contribution in [0.3, 0.4) is 0 Å². The Labute approximate surface area is 88.0 Å². The number of esters is 2. The first-order chi connectivity index (χ1) is 7.02. The average Bonchev–Trinajstić information content (AvgIpc) is 2.24. The van der Waals surface area contributed by atoms with Crippen molar-refractivity contribution in [3.8, 4) is 0 Å². The second kappa shape index (κ2) is 6.75. The highest BCUT2D eigenvalue weighted by Crippen LogP contribution is 2.00. The Hall–Kier alpha value is -1.65. The summed E-state index contributed by atoms with van der Waals surface area (Å²) in [6.45, 7) is 6.23. The smallest absolute Gasteiger partial charge is 0.344 e. The number of ketones is 1. The standard InChI is InChI=1S/C10H14O5/c1-4-8(11)7(3)10(13)15-6-9(12)14-5-2/h3-6H2,1-2H3. The van der Waals surface area contributed by atoms with E-state index in [4.69, 9.17) is 0 Å². The van der Waals surface area contributed by atoms with Crippen molar-refractivity contribution < 1.29 is 23.9 Å². The fourth-order valence-electron chi connectivity index (χ4n) is 0.741. The lowest BCUT2D eigenvalue weighted by atomic mass is 10.1. The summed E-state index contributed by atoms with van der Waals surface area (Å²) in [5, 5.41) is 0. The van der Waals surface area contributed by atoms with E-state index in [9.17, 15) is 14.4 Å². The molecule has 5 heteroatoms. The van der Waals surface area contributed by atoms with Crippen LogP contribution in [0.1, 0.15) is 20.3 Å². The summed E-state index contributed by atoms with van der Waals surface area (Å²) in [5.74, 6) is -1.93. The van der Waals surface area contributed by atoms with Gasteiger partial charge in [-0.2, -0.15) is 0 Å². The molecule has 0 spiro atoms. The zero-order chi connectivity index (χ0) is 11.8. The molecular weight excluding hydrogens is 200 g/mol.